The summed E-state index contributed by atoms with van der Waals surface area (Å²) in [5, 5.41) is 9.20. The number of rotatable bonds is 5. The van der Waals surface area contributed by atoms with E-state index in [-0.39, 0.29) is 11.8 Å². The molecule has 20 heavy (non-hydrogen) atoms. The summed E-state index contributed by atoms with van der Waals surface area (Å²) in [6.45, 7) is 6.66. The second-order valence-corrected chi connectivity index (χ2v) is 4.99. The van der Waals surface area contributed by atoms with E-state index in [0.717, 1.165) is 22.8 Å². The summed E-state index contributed by atoms with van der Waals surface area (Å²) in [6, 6.07) is 10.1. The smallest absolute Gasteiger partial charge is 0.124 e. The number of hydrogen-bond donors (Lipinski definition) is 1. The summed E-state index contributed by atoms with van der Waals surface area (Å²) in [7, 11) is 0. The average molecular weight is 269 g/mol. The van der Waals surface area contributed by atoms with Crippen LogP contribution in [0.1, 0.15) is 32.5 Å². The fourth-order valence-corrected chi connectivity index (χ4v) is 2.06. The molecule has 1 unspecified atom stereocenters. The van der Waals surface area contributed by atoms with Gasteiger partial charge in [-0.1, -0.05) is 13.8 Å². The zero-order chi connectivity index (χ0) is 14.5. The molecule has 0 amide bonds. The first-order valence-corrected chi connectivity index (χ1v) is 6.83. The molecule has 0 aliphatic heterocycles. The lowest BCUT2D eigenvalue weighted by atomic mass is 9.97. The van der Waals surface area contributed by atoms with E-state index in [1.54, 1.807) is 6.20 Å². The van der Waals surface area contributed by atoms with Crippen LogP contribution in [-0.2, 0) is 0 Å². The molecule has 1 atom stereocenters. The minimum atomic E-state index is -0.202. The van der Waals surface area contributed by atoms with Crippen molar-refractivity contribution in [3.63, 3.8) is 0 Å². The second-order valence-electron chi connectivity index (χ2n) is 4.99. The monoisotopic (exact) mass is 269 g/mol. The SMILES string of the molecule is CCOc1ccc(-c2cnc(C(C#N)C(C)C)[nH]2)cc1. The predicted molar refractivity (Wildman–Crippen MR) is 78.4 cm³/mol. The largest absolute Gasteiger partial charge is 0.494 e. The number of nitrogens with one attached hydrogen (secondary N) is 1. The van der Waals surface area contributed by atoms with Gasteiger partial charge in [-0.15, -0.1) is 0 Å². The highest BCUT2D eigenvalue weighted by atomic mass is 16.5. The van der Waals surface area contributed by atoms with Crippen LogP contribution in [0, 0.1) is 17.2 Å². The molecule has 1 aromatic heterocycles. The Morgan fingerprint density at radius 2 is 2.00 bits per heavy atom. The van der Waals surface area contributed by atoms with Crippen molar-refractivity contribution in [2.75, 3.05) is 6.61 Å². The van der Waals surface area contributed by atoms with Crippen LogP contribution in [0.5, 0.6) is 5.75 Å². The summed E-state index contributed by atoms with van der Waals surface area (Å²) in [5.41, 5.74) is 1.96. The van der Waals surface area contributed by atoms with Crippen molar-refractivity contribution in [2.24, 2.45) is 5.92 Å². The molecule has 0 aliphatic carbocycles. The minimum absolute atomic E-state index is 0.202. The van der Waals surface area contributed by atoms with Crippen LogP contribution in [0.4, 0.5) is 0 Å². The topological polar surface area (TPSA) is 61.7 Å². The number of nitrogens with zero attached hydrogens (tertiary/aromatic N) is 2. The van der Waals surface area contributed by atoms with Crippen LogP contribution in [0.25, 0.3) is 11.3 Å². The van der Waals surface area contributed by atoms with E-state index >= 15 is 0 Å². The molecule has 4 heteroatoms. The number of nitriles is 1. The molecule has 4 nitrogen and oxygen atoms in total. The van der Waals surface area contributed by atoms with Crippen LogP contribution in [0.3, 0.4) is 0 Å². The molecule has 0 radical (unpaired) electrons. The maximum Gasteiger partial charge on any atom is 0.124 e. The van der Waals surface area contributed by atoms with Crippen LogP contribution < -0.4 is 4.74 Å². The maximum absolute atomic E-state index is 9.20. The summed E-state index contributed by atoms with van der Waals surface area (Å²) in [6.07, 6.45) is 1.78. The normalized spacial score (nSPS) is 12.2. The first-order valence-electron chi connectivity index (χ1n) is 6.83. The average Bonchev–Trinajstić information content (AvgIpc) is 2.90. The van der Waals surface area contributed by atoms with Crippen LogP contribution >= 0.6 is 0 Å². The molecule has 0 spiro atoms. The van der Waals surface area contributed by atoms with Crippen molar-refractivity contribution in [2.45, 2.75) is 26.7 Å². The van der Waals surface area contributed by atoms with Gasteiger partial charge >= 0.3 is 0 Å². The van der Waals surface area contributed by atoms with Gasteiger partial charge in [0.2, 0.25) is 0 Å². The summed E-state index contributed by atoms with van der Waals surface area (Å²) < 4.78 is 5.42. The first kappa shape index (κ1) is 14.1. The lowest BCUT2D eigenvalue weighted by molar-refractivity contribution is 0.340. The highest BCUT2D eigenvalue weighted by Crippen LogP contribution is 2.25. The lowest BCUT2D eigenvalue weighted by Crippen LogP contribution is -2.05. The molecule has 1 aromatic carbocycles. The number of aromatic amines is 1. The third-order valence-corrected chi connectivity index (χ3v) is 3.17. The van der Waals surface area contributed by atoms with Crippen LogP contribution in [0.2, 0.25) is 0 Å². The van der Waals surface area contributed by atoms with Gasteiger partial charge in [-0.25, -0.2) is 4.98 Å². The van der Waals surface area contributed by atoms with Gasteiger partial charge in [-0.05, 0) is 42.7 Å². The number of imidazole rings is 1. The Labute approximate surface area is 119 Å². The minimum Gasteiger partial charge on any atom is -0.494 e. The summed E-state index contributed by atoms with van der Waals surface area (Å²) in [5.74, 6) is 1.62. The van der Waals surface area contributed by atoms with Crippen molar-refractivity contribution in [3.8, 4) is 23.1 Å². The molecule has 1 N–H and O–H groups in total. The summed E-state index contributed by atoms with van der Waals surface area (Å²) in [4.78, 5) is 7.57. The standard InChI is InChI=1S/C16H19N3O/c1-4-20-13-7-5-12(6-8-13)15-10-18-16(19-15)14(9-17)11(2)3/h5-8,10-11,14H,4H2,1-3H3,(H,18,19). The molecular weight excluding hydrogens is 250 g/mol. The highest BCUT2D eigenvalue weighted by molar-refractivity contribution is 5.59. The van der Waals surface area contributed by atoms with Crippen molar-refractivity contribution in [1.29, 1.82) is 5.26 Å². The molecular formula is C16H19N3O. The van der Waals surface area contributed by atoms with Gasteiger partial charge in [0.25, 0.3) is 0 Å². The third-order valence-electron chi connectivity index (χ3n) is 3.17. The highest BCUT2D eigenvalue weighted by Gasteiger charge is 2.18. The molecule has 0 bridgehead atoms. The van der Waals surface area contributed by atoms with E-state index in [1.807, 2.05) is 45.0 Å². The molecule has 0 fully saturated rings. The predicted octanol–water partition coefficient (Wildman–Crippen LogP) is 3.74. The summed E-state index contributed by atoms with van der Waals surface area (Å²) >= 11 is 0. The first-order chi connectivity index (χ1) is 9.65. The van der Waals surface area contributed by atoms with E-state index in [1.165, 1.54) is 0 Å². The Hall–Kier alpha value is -2.28. The Balaban J connectivity index is 2.22. The van der Waals surface area contributed by atoms with Gasteiger partial charge in [-0.2, -0.15) is 5.26 Å². The Morgan fingerprint density at radius 3 is 2.55 bits per heavy atom. The number of benzene rings is 1. The van der Waals surface area contributed by atoms with Gasteiger partial charge in [0.05, 0.1) is 24.6 Å². The molecule has 2 aromatic rings. The lowest BCUT2D eigenvalue weighted by Gasteiger charge is -2.09. The van der Waals surface area contributed by atoms with Crippen LogP contribution in [0.15, 0.2) is 30.5 Å². The van der Waals surface area contributed by atoms with Gasteiger partial charge in [0.15, 0.2) is 0 Å². The zero-order valence-electron chi connectivity index (χ0n) is 12.1. The number of H-pyrrole nitrogens is 1. The van der Waals surface area contributed by atoms with Crippen molar-refractivity contribution in [3.05, 3.63) is 36.3 Å². The van der Waals surface area contributed by atoms with Gasteiger partial charge in [0.1, 0.15) is 17.5 Å². The van der Waals surface area contributed by atoms with Crippen LogP contribution in [-0.4, -0.2) is 16.6 Å². The van der Waals surface area contributed by atoms with E-state index in [0.29, 0.717) is 6.61 Å². The van der Waals surface area contributed by atoms with Gasteiger partial charge < -0.3 is 9.72 Å². The van der Waals surface area contributed by atoms with Crippen molar-refractivity contribution < 1.29 is 4.74 Å². The second kappa shape index (κ2) is 6.25. The molecule has 0 saturated heterocycles. The van der Waals surface area contributed by atoms with Gasteiger partial charge in [0, 0.05) is 0 Å². The van der Waals surface area contributed by atoms with Crippen molar-refractivity contribution in [1.82, 2.24) is 9.97 Å². The zero-order valence-corrected chi connectivity index (χ0v) is 12.1. The van der Waals surface area contributed by atoms with Gasteiger partial charge in [-0.3, -0.25) is 0 Å². The number of hydrogen-bond acceptors (Lipinski definition) is 3. The Morgan fingerprint density at radius 1 is 1.30 bits per heavy atom. The van der Waals surface area contributed by atoms with E-state index in [9.17, 15) is 5.26 Å². The van der Waals surface area contributed by atoms with E-state index in [4.69, 9.17) is 4.74 Å². The quantitative estimate of drug-likeness (QED) is 0.899. The molecule has 104 valence electrons. The Kier molecular flexibility index (Phi) is 4.41. The molecule has 2 rings (SSSR count). The van der Waals surface area contributed by atoms with E-state index in [2.05, 4.69) is 16.0 Å². The Bertz CT molecular complexity index is 593. The third kappa shape index (κ3) is 3.00. The van der Waals surface area contributed by atoms with E-state index < -0.39 is 0 Å². The molecule has 1 heterocycles. The number of aromatic nitrogens is 2. The van der Waals surface area contributed by atoms with Crippen molar-refractivity contribution >= 4 is 0 Å². The molecule has 0 saturated carbocycles. The number of ether oxygens (including phenoxy) is 1. The molecule has 0 aliphatic rings. The fraction of sp³-hybridized carbons (Fsp3) is 0.375. The fourth-order valence-electron chi connectivity index (χ4n) is 2.06. The maximum atomic E-state index is 9.20.